The minimum atomic E-state index is -1.17. The van der Waals surface area contributed by atoms with E-state index in [1.807, 2.05) is 0 Å². The van der Waals surface area contributed by atoms with Gasteiger partial charge in [-0.25, -0.2) is 9.18 Å². The maximum atomic E-state index is 13.9. The lowest BCUT2D eigenvalue weighted by Gasteiger charge is -2.13. The molecule has 0 unspecified atom stereocenters. The van der Waals surface area contributed by atoms with Crippen molar-refractivity contribution in [2.24, 2.45) is 0 Å². The topological polar surface area (TPSA) is 93.1 Å². The van der Waals surface area contributed by atoms with E-state index in [9.17, 15) is 18.8 Å². The van der Waals surface area contributed by atoms with Crippen molar-refractivity contribution in [3.05, 3.63) is 64.3 Å². The maximum Gasteiger partial charge on any atom is 0.341 e. The number of carbonyl (C=O) groups excluding carboxylic acids is 2. The van der Waals surface area contributed by atoms with Crippen molar-refractivity contribution in [2.45, 2.75) is 6.54 Å². The van der Waals surface area contributed by atoms with Crippen LogP contribution in [-0.2, 0) is 16.1 Å². The lowest BCUT2D eigenvalue weighted by Crippen LogP contribution is -2.27. The van der Waals surface area contributed by atoms with Crippen LogP contribution in [-0.4, -0.2) is 40.8 Å². The van der Waals surface area contributed by atoms with E-state index in [1.165, 1.54) is 31.4 Å². The summed E-state index contributed by atoms with van der Waals surface area (Å²) in [4.78, 5) is 36.9. The fraction of sp³-hybridized carbons (Fsp3) is 0.150. The van der Waals surface area contributed by atoms with Crippen LogP contribution in [0.3, 0.4) is 0 Å². The second-order valence-electron chi connectivity index (χ2n) is 5.92. The summed E-state index contributed by atoms with van der Waals surface area (Å²) in [7, 11) is 1.40. The predicted molar refractivity (Wildman–Crippen MR) is 104 cm³/mol. The van der Waals surface area contributed by atoms with Gasteiger partial charge in [-0.3, -0.25) is 14.5 Å². The second-order valence-corrected chi connectivity index (χ2v) is 6.91. The first-order valence-corrected chi connectivity index (χ1v) is 9.22. The van der Waals surface area contributed by atoms with Gasteiger partial charge >= 0.3 is 5.97 Å². The molecule has 0 bridgehead atoms. The SMILES string of the molecule is COc1cccc(/C=C2\SC(=O)N(Cc3ccccc3F)C2=O)c1OCC(=O)O. The van der Waals surface area contributed by atoms with Gasteiger partial charge in [-0.2, -0.15) is 0 Å². The highest BCUT2D eigenvalue weighted by Gasteiger charge is 2.35. The number of para-hydroxylation sites is 1. The van der Waals surface area contributed by atoms with Gasteiger partial charge in [0.1, 0.15) is 5.82 Å². The summed E-state index contributed by atoms with van der Waals surface area (Å²) in [5.41, 5.74) is 0.602. The molecule has 2 amide bonds. The third-order valence-electron chi connectivity index (χ3n) is 4.02. The molecule has 0 saturated carbocycles. The molecule has 1 aliphatic rings. The first kappa shape index (κ1) is 20.4. The summed E-state index contributed by atoms with van der Waals surface area (Å²) in [6.07, 6.45) is 1.42. The van der Waals surface area contributed by atoms with Crippen molar-refractivity contribution in [1.82, 2.24) is 4.90 Å². The zero-order valence-corrected chi connectivity index (χ0v) is 16.1. The average Bonchev–Trinajstić information content (AvgIpc) is 2.95. The van der Waals surface area contributed by atoms with E-state index >= 15 is 0 Å². The van der Waals surface area contributed by atoms with Gasteiger partial charge in [-0.1, -0.05) is 30.3 Å². The summed E-state index contributed by atoms with van der Waals surface area (Å²) in [5.74, 6) is -1.83. The maximum absolute atomic E-state index is 13.9. The number of rotatable bonds is 7. The Morgan fingerprint density at radius 1 is 1.21 bits per heavy atom. The van der Waals surface area contributed by atoms with E-state index in [0.717, 1.165) is 4.90 Å². The fourth-order valence-electron chi connectivity index (χ4n) is 2.67. The molecular weight excluding hydrogens is 401 g/mol. The monoisotopic (exact) mass is 417 g/mol. The predicted octanol–water partition coefficient (Wildman–Crippen LogP) is 3.53. The van der Waals surface area contributed by atoms with Crippen LogP contribution in [0.25, 0.3) is 6.08 Å². The average molecular weight is 417 g/mol. The van der Waals surface area contributed by atoms with Crippen molar-refractivity contribution in [3.63, 3.8) is 0 Å². The van der Waals surface area contributed by atoms with E-state index in [1.54, 1.807) is 24.3 Å². The van der Waals surface area contributed by atoms with E-state index in [2.05, 4.69) is 0 Å². The minimum Gasteiger partial charge on any atom is -0.493 e. The van der Waals surface area contributed by atoms with Gasteiger partial charge in [0.05, 0.1) is 18.6 Å². The van der Waals surface area contributed by atoms with E-state index < -0.39 is 29.5 Å². The van der Waals surface area contributed by atoms with Gasteiger partial charge in [0.2, 0.25) is 0 Å². The van der Waals surface area contributed by atoms with E-state index in [4.69, 9.17) is 14.6 Å². The van der Waals surface area contributed by atoms with Gasteiger partial charge in [0.15, 0.2) is 18.1 Å². The summed E-state index contributed by atoms with van der Waals surface area (Å²) in [6.45, 7) is -0.787. The molecule has 0 radical (unpaired) electrons. The van der Waals surface area contributed by atoms with Gasteiger partial charge in [-0.05, 0) is 30.0 Å². The normalized spacial score (nSPS) is 15.1. The standard InChI is InChI=1S/C20H16FNO6S/c1-27-15-8-4-6-12(18(15)28-11-17(23)24)9-16-19(25)22(20(26)29-16)10-13-5-2-3-7-14(13)21/h2-9H,10-11H2,1H3,(H,23,24)/b16-9-. The first-order chi connectivity index (χ1) is 13.9. The molecule has 1 fully saturated rings. The third-order valence-corrected chi connectivity index (χ3v) is 4.92. The third kappa shape index (κ3) is 4.57. The smallest absolute Gasteiger partial charge is 0.341 e. The van der Waals surface area contributed by atoms with Crippen LogP contribution >= 0.6 is 11.8 Å². The van der Waals surface area contributed by atoms with Gasteiger partial charge < -0.3 is 14.6 Å². The molecule has 0 atom stereocenters. The molecular formula is C20H16FNO6S. The summed E-state index contributed by atoms with van der Waals surface area (Å²) in [5, 5.41) is 8.34. The van der Waals surface area contributed by atoms with Gasteiger partial charge in [0, 0.05) is 11.1 Å². The lowest BCUT2D eigenvalue weighted by molar-refractivity contribution is -0.139. The zero-order chi connectivity index (χ0) is 21.0. The highest BCUT2D eigenvalue weighted by atomic mass is 32.2. The molecule has 0 aromatic heterocycles. The Balaban J connectivity index is 1.89. The quantitative estimate of drug-likeness (QED) is 0.689. The number of carbonyl (C=O) groups is 3. The Morgan fingerprint density at radius 2 is 1.97 bits per heavy atom. The van der Waals surface area contributed by atoms with E-state index in [-0.39, 0.29) is 28.5 Å². The van der Waals surface area contributed by atoms with Gasteiger partial charge in [-0.15, -0.1) is 0 Å². The molecule has 2 aromatic rings. The Bertz CT molecular complexity index is 1010. The van der Waals surface area contributed by atoms with Crippen LogP contribution in [0.1, 0.15) is 11.1 Å². The van der Waals surface area contributed by atoms with E-state index in [0.29, 0.717) is 17.3 Å². The number of thioether (sulfide) groups is 1. The fourth-order valence-corrected chi connectivity index (χ4v) is 3.50. The number of hydrogen-bond donors (Lipinski definition) is 1. The number of carboxylic acid groups (broad SMARTS) is 1. The minimum absolute atomic E-state index is 0.111. The van der Waals surface area contributed by atoms with Crippen LogP contribution in [0.4, 0.5) is 9.18 Å². The molecule has 29 heavy (non-hydrogen) atoms. The molecule has 3 rings (SSSR count). The number of imide groups is 1. The van der Waals surface area contributed by atoms with Crippen LogP contribution in [0, 0.1) is 5.82 Å². The molecule has 1 saturated heterocycles. The molecule has 0 aliphatic carbocycles. The number of hydrogen-bond acceptors (Lipinski definition) is 6. The Labute approximate surface area is 169 Å². The Hall–Kier alpha value is -3.33. The number of nitrogens with zero attached hydrogens (tertiary/aromatic N) is 1. The highest BCUT2D eigenvalue weighted by molar-refractivity contribution is 8.18. The van der Waals surface area contributed by atoms with Crippen LogP contribution in [0.5, 0.6) is 11.5 Å². The van der Waals surface area contributed by atoms with Gasteiger partial charge in [0.25, 0.3) is 11.1 Å². The highest BCUT2D eigenvalue weighted by Crippen LogP contribution is 2.38. The number of ether oxygens (including phenoxy) is 2. The number of methoxy groups -OCH3 is 1. The first-order valence-electron chi connectivity index (χ1n) is 8.41. The molecule has 9 heteroatoms. The Kier molecular flexibility index (Phi) is 6.18. The molecule has 1 N–H and O–H groups in total. The molecule has 1 heterocycles. The number of benzene rings is 2. The molecule has 0 spiro atoms. The van der Waals surface area contributed by atoms with Crippen molar-refractivity contribution in [3.8, 4) is 11.5 Å². The number of halogens is 1. The van der Waals surface area contributed by atoms with Crippen LogP contribution in [0.2, 0.25) is 0 Å². The van der Waals surface area contributed by atoms with Crippen molar-refractivity contribution in [1.29, 1.82) is 0 Å². The van der Waals surface area contributed by atoms with Crippen molar-refractivity contribution >= 4 is 35.0 Å². The summed E-state index contributed by atoms with van der Waals surface area (Å²) >= 11 is 0.712. The number of carboxylic acids is 1. The lowest BCUT2D eigenvalue weighted by atomic mass is 10.1. The molecule has 150 valence electrons. The van der Waals surface area contributed by atoms with Crippen LogP contribution < -0.4 is 9.47 Å². The summed E-state index contributed by atoms with van der Waals surface area (Å²) in [6, 6.07) is 10.7. The molecule has 7 nitrogen and oxygen atoms in total. The van der Waals surface area contributed by atoms with Crippen molar-refractivity contribution in [2.75, 3.05) is 13.7 Å². The molecule has 1 aliphatic heterocycles. The van der Waals surface area contributed by atoms with Crippen LogP contribution in [0.15, 0.2) is 47.4 Å². The second kappa shape index (κ2) is 8.78. The zero-order valence-electron chi connectivity index (χ0n) is 15.3. The molecule has 2 aromatic carbocycles. The number of aliphatic carboxylic acids is 1. The van der Waals surface area contributed by atoms with Crippen molar-refractivity contribution < 1.29 is 33.4 Å². The Morgan fingerprint density at radius 3 is 2.66 bits per heavy atom. The number of amides is 2. The largest absolute Gasteiger partial charge is 0.493 e. The summed E-state index contributed by atoms with van der Waals surface area (Å²) < 4.78 is 24.4.